The lowest BCUT2D eigenvalue weighted by Crippen LogP contribution is -2.33. The van der Waals surface area contributed by atoms with Crippen molar-refractivity contribution < 1.29 is 14.2 Å². The molecule has 0 amide bonds. The summed E-state index contributed by atoms with van der Waals surface area (Å²) in [5.74, 6) is 0. The van der Waals surface area contributed by atoms with E-state index in [0.29, 0.717) is 0 Å². The highest BCUT2D eigenvalue weighted by Gasteiger charge is 2.11. The first kappa shape index (κ1) is 10.6. The average molecular weight is 204 g/mol. The van der Waals surface area contributed by atoms with Gasteiger partial charge in [0.15, 0.2) is 13.1 Å². The van der Waals surface area contributed by atoms with Crippen molar-refractivity contribution in [3.8, 4) is 0 Å². The van der Waals surface area contributed by atoms with Crippen molar-refractivity contribution in [1.82, 2.24) is 9.55 Å². The van der Waals surface area contributed by atoms with E-state index in [-0.39, 0.29) is 0 Å². The quantitative estimate of drug-likeness (QED) is 0.656. The molecule has 0 unspecified atom stereocenters. The summed E-state index contributed by atoms with van der Waals surface area (Å²) in [4.78, 5) is 23.7. The van der Waals surface area contributed by atoms with Gasteiger partial charge in [0.1, 0.15) is 0 Å². The maximum atomic E-state index is 11.8. The van der Waals surface area contributed by atoms with E-state index in [4.69, 9.17) is 5.11 Å². The zero-order valence-electron chi connectivity index (χ0n) is 7.14. The fraction of sp³-hybridized carbons (Fsp3) is 0.429. The van der Waals surface area contributed by atoms with E-state index >= 15 is 0 Å². The number of aliphatic hydroxyl groups is 1. The summed E-state index contributed by atoms with van der Waals surface area (Å²) in [6, 6.07) is 1.08. The van der Waals surface area contributed by atoms with Crippen molar-refractivity contribution in [2.24, 2.45) is 0 Å². The lowest BCUT2D eigenvalue weighted by atomic mass is 10.5. The third kappa shape index (κ3) is 2.27. The van der Waals surface area contributed by atoms with Gasteiger partial charge in [-0.15, -0.1) is 0 Å². The van der Waals surface area contributed by atoms with Gasteiger partial charge in [0, 0.05) is 12.3 Å². The van der Waals surface area contributed by atoms with Crippen LogP contribution in [0.25, 0.3) is 0 Å². The zero-order chi connectivity index (χ0) is 10.6. The number of hydrogen-bond acceptors (Lipinski definition) is 4. The van der Waals surface area contributed by atoms with Crippen molar-refractivity contribution >= 4 is 0 Å². The molecule has 6 nitrogen and oxygen atoms in total. The van der Waals surface area contributed by atoms with Crippen LogP contribution in [0.3, 0.4) is 0 Å². The second kappa shape index (κ2) is 4.68. The topological polar surface area (TPSA) is 84.3 Å². The maximum Gasteiger partial charge on any atom is 0.330 e. The van der Waals surface area contributed by atoms with Crippen molar-refractivity contribution in [2.45, 2.75) is 6.23 Å². The molecule has 0 fully saturated rings. The first-order valence-corrected chi connectivity index (χ1v) is 3.79. The number of halogens is 1. The molecule has 2 N–H and O–H groups in total. The standard InChI is InChI=1S/C7H9FN2O4/c8-4-14-6(3-11)10-2-1-5(12)9-7(10)13/h1-2,6,11H,3-4H2,(H,9,12,13)/t6-/m1/s1. The lowest BCUT2D eigenvalue weighted by Gasteiger charge is -2.14. The summed E-state index contributed by atoms with van der Waals surface area (Å²) in [5.41, 5.74) is -1.33. The van der Waals surface area contributed by atoms with Gasteiger partial charge in [-0.2, -0.15) is 0 Å². The number of alkyl halides is 1. The summed E-state index contributed by atoms with van der Waals surface area (Å²) >= 11 is 0. The van der Waals surface area contributed by atoms with Gasteiger partial charge >= 0.3 is 5.69 Å². The fourth-order valence-electron chi connectivity index (χ4n) is 0.948. The molecule has 1 heterocycles. The Labute approximate surface area is 77.6 Å². The minimum absolute atomic E-state index is 0.560. The van der Waals surface area contributed by atoms with E-state index in [1.54, 1.807) is 0 Å². The fourth-order valence-corrected chi connectivity index (χ4v) is 0.948. The molecule has 0 aliphatic carbocycles. The smallest absolute Gasteiger partial charge is 0.330 e. The number of H-pyrrole nitrogens is 1. The molecule has 0 radical (unpaired) electrons. The van der Waals surface area contributed by atoms with Crippen LogP contribution in [0.15, 0.2) is 21.9 Å². The normalized spacial score (nSPS) is 12.7. The number of aliphatic hydroxyl groups excluding tert-OH is 1. The number of aromatic amines is 1. The van der Waals surface area contributed by atoms with Crippen molar-refractivity contribution in [2.75, 3.05) is 13.5 Å². The van der Waals surface area contributed by atoms with Crippen LogP contribution >= 0.6 is 0 Å². The molecule has 78 valence electrons. The van der Waals surface area contributed by atoms with Gasteiger partial charge in [0.25, 0.3) is 5.56 Å². The number of nitrogens with one attached hydrogen (secondary N) is 1. The largest absolute Gasteiger partial charge is 0.392 e. The predicted molar refractivity (Wildman–Crippen MR) is 44.5 cm³/mol. The van der Waals surface area contributed by atoms with Gasteiger partial charge < -0.3 is 9.84 Å². The van der Waals surface area contributed by atoms with E-state index < -0.39 is 30.9 Å². The van der Waals surface area contributed by atoms with E-state index in [2.05, 4.69) is 4.74 Å². The molecular weight excluding hydrogens is 195 g/mol. The van der Waals surface area contributed by atoms with Crippen LogP contribution in [0.5, 0.6) is 0 Å². The molecular formula is C7H9FN2O4. The van der Waals surface area contributed by atoms with Crippen molar-refractivity contribution in [1.29, 1.82) is 0 Å². The van der Waals surface area contributed by atoms with Gasteiger partial charge in [0.05, 0.1) is 6.61 Å². The van der Waals surface area contributed by atoms with Crippen LogP contribution in [0.2, 0.25) is 0 Å². The third-order valence-electron chi connectivity index (χ3n) is 1.57. The number of nitrogens with zero attached hydrogens (tertiary/aromatic N) is 1. The monoisotopic (exact) mass is 204 g/mol. The number of aromatic nitrogens is 2. The zero-order valence-corrected chi connectivity index (χ0v) is 7.14. The van der Waals surface area contributed by atoms with Crippen LogP contribution in [0.1, 0.15) is 6.23 Å². The molecule has 0 bridgehead atoms. The lowest BCUT2D eigenvalue weighted by molar-refractivity contribution is -0.0741. The highest BCUT2D eigenvalue weighted by molar-refractivity contribution is 4.83. The highest BCUT2D eigenvalue weighted by Crippen LogP contribution is 2.02. The number of hydrogen-bond donors (Lipinski definition) is 2. The Morgan fingerprint density at radius 2 is 2.36 bits per heavy atom. The van der Waals surface area contributed by atoms with Crippen molar-refractivity contribution in [3.05, 3.63) is 33.1 Å². The summed E-state index contributed by atoms with van der Waals surface area (Å²) in [6.45, 7) is -1.69. The maximum absolute atomic E-state index is 11.8. The first-order valence-electron chi connectivity index (χ1n) is 3.79. The van der Waals surface area contributed by atoms with E-state index in [1.165, 1.54) is 0 Å². The SMILES string of the molecule is O=c1ccn([C@@H](CO)OCF)c(=O)[nH]1. The molecule has 1 rings (SSSR count). The third-order valence-corrected chi connectivity index (χ3v) is 1.57. The second-order valence-corrected chi connectivity index (χ2v) is 2.43. The molecule has 0 aliphatic heterocycles. The molecule has 0 aliphatic rings. The van der Waals surface area contributed by atoms with Crippen molar-refractivity contribution in [3.63, 3.8) is 0 Å². The van der Waals surface area contributed by atoms with Crippen LogP contribution in [-0.2, 0) is 4.74 Å². The molecule has 0 spiro atoms. The van der Waals surface area contributed by atoms with Crippen LogP contribution < -0.4 is 11.2 Å². The molecule has 14 heavy (non-hydrogen) atoms. The average Bonchev–Trinajstić information content (AvgIpc) is 2.15. The molecule has 1 atom stereocenters. The minimum Gasteiger partial charge on any atom is -0.392 e. The Kier molecular flexibility index (Phi) is 3.55. The molecule has 0 saturated carbocycles. The Bertz CT molecular complexity index is 399. The van der Waals surface area contributed by atoms with E-state index in [1.807, 2.05) is 4.98 Å². The Morgan fingerprint density at radius 3 is 2.86 bits per heavy atom. The minimum atomic E-state index is -1.13. The Balaban J connectivity index is 3.04. The number of ether oxygens (including phenoxy) is 1. The summed E-state index contributed by atoms with van der Waals surface area (Å²) in [6.07, 6.45) is 0.00176. The molecule has 0 aromatic carbocycles. The number of rotatable bonds is 4. The van der Waals surface area contributed by atoms with E-state index in [9.17, 15) is 14.0 Å². The molecule has 1 aromatic rings. The molecule has 1 aromatic heterocycles. The molecule has 7 heteroatoms. The van der Waals surface area contributed by atoms with Gasteiger partial charge in [-0.3, -0.25) is 14.3 Å². The summed E-state index contributed by atoms with van der Waals surface area (Å²) in [7, 11) is 0. The highest BCUT2D eigenvalue weighted by atomic mass is 19.1. The summed E-state index contributed by atoms with van der Waals surface area (Å²) < 4.78 is 17.1. The molecule has 0 saturated heterocycles. The van der Waals surface area contributed by atoms with Crippen LogP contribution in [-0.4, -0.2) is 28.1 Å². The van der Waals surface area contributed by atoms with Gasteiger partial charge in [-0.1, -0.05) is 0 Å². The predicted octanol–water partition coefficient (Wildman–Crippen LogP) is -1.03. The first-order chi connectivity index (χ1) is 6.69. The Hall–Kier alpha value is -1.47. The second-order valence-electron chi connectivity index (χ2n) is 2.43. The van der Waals surface area contributed by atoms with Crippen LogP contribution in [0.4, 0.5) is 4.39 Å². The van der Waals surface area contributed by atoms with Gasteiger partial charge in [-0.25, -0.2) is 9.18 Å². The van der Waals surface area contributed by atoms with Gasteiger partial charge in [0.2, 0.25) is 0 Å². The summed E-state index contributed by atoms with van der Waals surface area (Å²) in [5, 5.41) is 8.76. The van der Waals surface area contributed by atoms with Gasteiger partial charge in [-0.05, 0) is 0 Å². The van der Waals surface area contributed by atoms with Crippen LogP contribution in [0, 0.1) is 0 Å². The Morgan fingerprint density at radius 1 is 1.64 bits per heavy atom. The van der Waals surface area contributed by atoms with E-state index in [0.717, 1.165) is 16.8 Å².